The summed E-state index contributed by atoms with van der Waals surface area (Å²) in [6, 6.07) is 16.9. The van der Waals surface area contributed by atoms with E-state index in [1.165, 1.54) is 5.56 Å². The van der Waals surface area contributed by atoms with Crippen LogP contribution in [0.2, 0.25) is 0 Å². The van der Waals surface area contributed by atoms with Crippen LogP contribution in [0.3, 0.4) is 0 Å². The highest BCUT2D eigenvalue weighted by Gasteiger charge is 2.40. The molecule has 0 bridgehead atoms. The van der Waals surface area contributed by atoms with Crippen LogP contribution in [0.4, 0.5) is 5.69 Å². The van der Waals surface area contributed by atoms with Gasteiger partial charge in [0.25, 0.3) is 0 Å². The molecule has 2 aromatic rings. The molecular formula is C21H21N3O2. The molecule has 1 aliphatic rings. The quantitative estimate of drug-likeness (QED) is 0.867. The third-order valence-corrected chi connectivity index (χ3v) is 4.82. The van der Waals surface area contributed by atoms with Crippen LogP contribution in [-0.4, -0.2) is 23.3 Å². The van der Waals surface area contributed by atoms with Crippen molar-refractivity contribution < 1.29 is 9.59 Å². The second-order valence-electron chi connectivity index (χ2n) is 6.98. The van der Waals surface area contributed by atoms with Gasteiger partial charge in [-0.15, -0.1) is 0 Å². The summed E-state index contributed by atoms with van der Waals surface area (Å²) in [5.74, 6) is -0.622. The van der Waals surface area contributed by atoms with E-state index >= 15 is 0 Å². The van der Waals surface area contributed by atoms with Gasteiger partial charge in [0.2, 0.25) is 11.8 Å². The van der Waals surface area contributed by atoms with Crippen LogP contribution in [0.5, 0.6) is 0 Å². The molecule has 0 fully saturated rings. The zero-order valence-corrected chi connectivity index (χ0v) is 15.0. The summed E-state index contributed by atoms with van der Waals surface area (Å²) in [4.78, 5) is 27.5. The first-order chi connectivity index (χ1) is 12.4. The molecule has 5 nitrogen and oxygen atoms in total. The molecule has 0 aliphatic carbocycles. The van der Waals surface area contributed by atoms with E-state index in [-0.39, 0.29) is 5.91 Å². The topological polar surface area (TPSA) is 73.2 Å². The molecule has 2 amide bonds. The molecule has 0 unspecified atom stereocenters. The number of amides is 2. The molecule has 5 heteroatoms. The summed E-state index contributed by atoms with van der Waals surface area (Å²) >= 11 is 0. The van der Waals surface area contributed by atoms with Gasteiger partial charge in [0.05, 0.1) is 11.3 Å². The van der Waals surface area contributed by atoms with E-state index in [1.54, 1.807) is 43.0 Å². The van der Waals surface area contributed by atoms with Gasteiger partial charge in [-0.05, 0) is 43.5 Å². The summed E-state index contributed by atoms with van der Waals surface area (Å²) in [5, 5.41) is 11.9. The highest BCUT2D eigenvalue weighted by Crippen LogP contribution is 2.27. The molecule has 3 rings (SSSR count). The average Bonchev–Trinajstić information content (AvgIpc) is 2.67. The monoisotopic (exact) mass is 347 g/mol. The zero-order valence-electron chi connectivity index (χ0n) is 15.0. The van der Waals surface area contributed by atoms with Crippen LogP contribution >= 0.6 is 0 Å². The summed E-state index contributed by atoms with van der Waals surface area (Å²) in [7, 11) is 0. The van der Waals surface area contributed by atoms with E-state index in [2.05, 4.69) is 11.4 Å². The van der Waals surface area contributed by atoms with Crippen LogP contribution in [0.15, 0.2) is 48.5 Å². The van der Waals surface area contributed by atoms with Gasteiger partial charge in [0.15, 0.2) is 0 Å². The maximum Gasteiger partial charge on any atom is 0.239 e. The van der Waals surface area contributed by atoms with Crippen molar-refractivity contribution in [2.75, 3.05) is 11.9 Å². The second kappa shape index (κ2) is 7.01. The predicted molar refractivity (Wildman–Crippen MR) is 99.1 cm³/mol. The van der Waals surface area contributed by atoms with Crippen LogP contribution in [0.25, 0.3) is 0 Å². The first kappa shape index (κ1) is 17.7. The number of carbonyl (C=O) groups is 2. The lowest BCUT2D eigenvalue weighted by Crippen LogP contribution is -2.48. The lowest BCUT2D eigenvalue weighted by molar-refractivity contribution is -0.147. The Labute approximate surface area is 153 Å². The molecule has 1 aliphatic heterocycles. The van der Waals surface area contributed by atoms with Gasteiger partial charge in [-0.3, -0.25) is 9.59 Å². The molecule has 2 aromatic carbocycles. The molecule has 0 radical (unpaired) electrons. The molecule has 132 valence electrons. The van der Waals surface area contributed by atoms with Gasteiger partial charge in [0, 0.05) is 13.1 Å². The number of rotatable bonds is 3. The van der Waals surface area contributed by atoms with Crippen molar-refractivity contribution in [3.8, 4) is 6.07 Å². The number of nitrogens with one attached hydrogen (secondary N) is 1. The Bertz CT molecular complexity index is 896. The fraction of sp³-hybridized carbons (Fsp3) is 0.286. The first-order valence-electron chi connectivity index (χ1n) is 8.60. The van der Waals surface area contributed by atoms with Gasteiger partial charge >= 0.3 is 0 Å². The molecule has 0 saturated heterocycles. The van der Waals surface area contributed by atoms with Crippen molar-refractivity contribution in [1.29, 1.82) is 5.26 Å². The van der Waals surface area contributed by atoms with Crippen molar-refractivity contribution in [2.45, 2.75) is 26.8 Å². The summed E-state index contributed by atoms with van der Waals surface area (Å²) in [6.07, 6.45) is 0.789. The van der Waals surface area contributed by atoms with E-state index in [0.29, 0.717) is 24.3 Å². The van der Waals surface area contributed by atoms with E-state index in [4.69, 9.17) is 5.26 Å². The molecular weight excluding hydrogens is 326 g/mol. The van der Waals surface area contributed by atoms with Crippen molar-refractivity contribution in [2.24, 2.45) is 5.41 Å². The smallest absolute Gasteiger partial charge is 0.239 e. The number of nitrogens with zero attached hydrogens (tertiary/aromatic N) is 2. The van der Waals surface area contributed by atoms with Crippen LogP contribution in [0, 0.1) is 16.7 Å². The van der Waals surface area contributed by atoms with E-state index in [9.17, 15) is 9.59 Å². The van der Waals surface area contributed by atoms with E-state index in [0.717, 1.165) is 12.0 Å². The Morgan fingerprint density at radius 1 is 1.08 bits per heavy atom. The number of hydrogen-bond donors (Lipinski definition) is 1. The Balaban J connectivity index is 1.76. The Kier molecular flexibility index (Phi) is 4.77. The van der Waals surface area contributed by atoms with Crippen molar-refractivity contribution in [3.63, 3.8) is 0 Å². The lowest BCUT2D eigenvalue weighted by Gasteiger charge is -2.34. The number of anilines is 1. The third kappa shape index (κ3) is 3.31. The minimum Gasteiger partial charge on any atom is -0.337 e. The minimum atomic E-state index is -1.23. The highest BCUT2D eigenvalue weighted by atomic mass is 16.2. The molecule has 1 N–H and O–H groups in total. The summed E-state index contributed by atoms with van der Waals surface area (Å²) < 4.78 is 0. The van der Waals surface area contributed by atoms with E-state index < -0.39 is 11.3 Å². The zero-order chi connectivity index (χ0) is 18.7. The fourth-order valence-corrected chi connectivity index (χ4v) is 3.13. The number of fused-ring (bicyclic) bond motifs is 1. The third-order valence-electron chi connectivity index (χ3n) is 4.82. The summed E-state index contributed by atoms with van der Waals surface area (Å²) in [5.41, 5.74) is 1.94. The van der Waals surface area contributed by atoms with Gasteiger partial charge in [-0.2, -0.15) is 5.26 Å². The van der Waals surface area contributed by atoms with Crippen LogP contribution in [0.1, 0.15) is 30.5 Å². The Hall–Kier alpha value is -3.13. The molecule has 1 heterocycles. The summed E-state index contributed by atoms with van der Waals surface area (Å²) in [6.45, 7) is 4.36. The fourth-order valence-electron chi connectivity index (χ4n) is 3.13. The maximum atomic E-state index is 13.0. The van der Waals surface area contributed by atoms with Gasteiger partial charge in [-0.25, -0.2) is 0 Å². The standard InChI is InChI=1S/C21H21N3O2/c1-21(2,19(25)23-18-10-6-5-8-16(18)13-22)20(26)24-12-11-15-7-3-4-9-17(15)14-24/h3-10H,11-12,14H2,1-2H3,(H,23,25). The molecule has 26 heavy (non-hydrogen) atoms. The van der Waals surface area contributed by atoms with Crippen LogP contribution < -0.4 is 5.32 Å². The number of carbonyl (C=O) groups excluding carboxylic acids is 2. The minimum absolute atomic E-state index is 0.209. The van der Waals surface area contributed by atoms with Crippen molar-refractivity contribution in [1.82, 2.24) is 4.90 Å². The van der Waals surface area contributed by atoms with E-state index in [1.807, 2.05) is 24.3 Å². The molecule has 0 atom stereocenters. The number of hydrogen-bond acceptors (Lipinski definition) is 3. The van der Waals surface area contributed by atoms with Gasteiger partial charge in [0.1, 0.15) is 11.5 Å². The normalized spacial score (nSPS) is 13.5. The number of para-hydroxylation sites is 1. The van der Waals surface area contributed by atoms with Crippen LogP contribution in [-0.2, 0) is 22.6 Å². The largest absolute Gasteiger partial charge is 0.337 e. The maximum absolute atomic E-state index is 13.0. The van der Waals surface area contributed by atoms with Gasteiger partial charge in [-0.1, -0.05) is 36.4 Å². The average molecular weight is 347 g/mol. The second-order valence-corrected chi connectivity index (χ2v) is 6.98. The lowest BCUT2D eigenvalue weighted by atomic mass is 9.88. The molecule has 0 saturated carbocycles. The molecule has 0 aromatic heterocycles. The number of nitriles is 1. The van der Waals surface area contributed by atoms with Gasteiger partial charge < -0.3 is 10.2 Å². The Morgan fingerprint density at radius 3 is 2.46 bits per heavy atom. The van der Waals surface area contributed by atoms with Crippen molar-refractivity contribution >= 4 is 17.5 Å². The first-order valence-corrected chi connectivity index (χ1v) is 8.60. The SMILES string of the molecule is CC(C)(C(=O)Nc1ccccc1C#N)C(=O)N1CCc2ccccc2C1. The number of benzene rings is 2. The highest BCUT2D eigenvalue weighted by molar-refractivity contribution is 6.10. The Morgan fingerprint density at radius 2 is 1.73 bits per heavy atom. The predicted octanol–water partition coefficient (Wildman–Crippen LogP) is 3.11. The van der Waals surface area contributed by atoms with Crippen molar-refractivity contribution in [3.05, 3.63) is 65.2 Å². The molecule has 0 spiro atoms.